The molecule has 2 N–H and O–H groups in total. The molecule has 0 saturated heterocycles. The van der Waals surface area contributed by atoms with E-state index in [1.54, 1.807) is 0 Å². The third-order valence-electron chi connectivity index (χ3n) is 2.11. The topological polar surface area (TPSA) is 49.8 Å². The molecular weight excluding hydrogens is 136 g/mol. The van der Waals surface area contributed by atoms with Crippen LogP contribution < -0.4 is 5.73 Å². The summed E-state index contributed by atoms with van der Waals surface area (Å²) in [5.74, 6) is 0.617. The smallest absolute Gasteiger partial charge is 0.0655 e. The molecule has 11 heavy (non-hydrogen) atoms. The standard InChI is InChI=1S/C9H18N2/c1-4-9(5-8(3)11)7(2)6-10/h7-9H,4-5,11H2,1-3H3. The molecule has 0 radical (unpaired) electrons. The zero-order valence-corrected chi connectivity index (χ0v) is 7.67. The van der Waals surface area contributed by atoms with Crippen LogP contribution in [0.2, 0.25) is 0 Å². The molecule has 2 heteroatoms. The zero-order chi connectivity index (χ0) is 8.85. The second-order valence-corrected chi connectivity index (χ2v) is 3.30. The summed E-state index contributed by atoms with van der Waals surface area (Å²) in [5, 5.41) is 8.66. The molecule has 0 aliphatic heterocycles. The highest BCUT2D eigenvalue weighted by Crippen LogP contribution is 2.19. The molecule has 0 aliphatic carbocycles. The lowest BCUT2D eigenvalue weighted by molar-refractivity contribution is 0.362. The van der Waals surface area contributed by atoms with Crippen molar-refractivity contribution in [1.82, 2.24) is 0 Å². The van der Waals surface area contributed by atoms with Gasteiger partial charge in [-0.05, 0) is 26.2 Å². The summed E-state index contributed by atoms with van der Waals surface area (Å²) in [6.07, 6.45) is 2.02. The third-order valence-corrected chi connectivity index (χ3v) is 2.11. The Kier molecular flexibility index (Phi) is 4.89. The first-order valence-corrected chi connectivity index (χ1v) is 4.27. The average molecular weight is 154 g/mol. The molecular formula is C9H18N2. The first-order chi connectivity index (χ1) is 5.11. The number of nitriles is 1. The summed E-state index contributed by atoms with van der Waals surface area (Å²) in [4.78, 5) is 0. The van der Waals surface area contributed by atoms with E-state index in [1.165, 1.54) is 0 Å². The van der Waals surface area contributed by atoms with Gasteiger partial charge in [0, 0.05) is 12.0 Å². The molecule has 0 rings (SSSR count). The summed E-state index contributed by atoms with van der Waals surface area (Å²) in [6.45, 7) is 6.07. The van der Waals surface area contributed by atoms with Crippen molar-refractivity contribution >= 4 is 0 Å². The molecule has 0 amide bonds. The van der Waals surface area contributed by atoms with Crippen LogP contribution in [0.15, 0.2) is 0 Å². The molecule has 3 atom stereocenters. The van der Waals surface area contributed by atoms with E-state index in [4.69, 9.17) is 11.0 Å². The van der Waals surface area contributed by atoms with Gasteiger partial charge in [0.05, 0.1) is 6.07 Å². The van der Waals surface area contributed by atoms with Crippen molar-refractivity contribution in [2.75, 3.05) is 0 Å². The fraction of sp³-hybridized carbons (Fsp3) is 0.889. The predicted molar refractivity (Wildman–Crippen MR) is 46.8 cm³/mol. The van der Waals surface area contributed by atoms with Crippen LogP contribution in [0.1, 0.15) is 33.6 Å². The van der Waals surface area contributed by atoms with Crippen molar-refractivity contribution in [3.8, 4) is 6.07 Å². The molecule has 0 bridgehead atoms. The summed E-state index contributed by atoms with van der Waals surface area (Å²) >= 11 is 0. The van der Waals surface area contributed by atoms with E-state index in [0.717, 1.165) is 12.8 Å². The minimum Gasteiger partial charge on any atom is -0.328 e. The summed E-state index contributed by atoms with van der Waals surface area (Å²) in [6, 6.07) is 2.48. The molecule has 0 aromatic rings. The average Bonchev–Trinajstić information content (AvgIpc) is 1.98. The third kappa shape index (κ3) is 4.00. The Hall–Kier alpha value is -0.550. The second kappa shape index (κ2) is 5.15. The maximum absolute atomic E-state index is 8.66. The fourth-order valence-corrected chi connectivity index (χ4v) is 1.31. The monoisotopic (exact) mass is 154 g/mol. The number of hydrogen-bond acceptors (Lipinski definition) is 2. The van der Waals surface area contributed by atoms with E-state index in [0.29, 0.717) is 5.92 Å². The summed E-state index contributed by atoms with van der Waals surface area (Å²) in [7, 11) is 0. The zero-order valence-electron chi connectivity index (χ0n) is 7.67. The Morgan fingerprint density at radius 1 is 1.45 bits per heavy atom. The van der Waals surface area contributed by atoms with E-state index in [1.807, 2.05) is 13.8 Å². The van der Waals surface area contributed by atoms with E-state index >= 15 is 0 Å². The highest BCUT2D eigenvalue weighted by Gasteiger charge is 2.15. The normalized spacial score (nSPS) is 18.5. The Bertz CT molecular complexity index is 135. The van der Waals surface area contributed by atoms with Gasteiger partial charge in [-0.1, -0.05) is 13.3 Å². The van der Waals surface area contributed by atoms with E-state index < -0.39 is 0 Å². The lowest BCUT2D eigenvalue weighted by Gasteiger charge is -2.18. The van der Waals surface area contributed by atoms with Crippen LogP contribution in [-0.2, 0) is 0 Å². The predicted octanol–water partition coefficient (Wildman–Crippen LogP) is 1.91. The van der Waals surface area contributed by atoms with Crippen LogP contribution in [-0.4, -0.2) is 6.04 Å². The van der Waals surface area contributed by atoms with Gasteiger partial charge in [0.15, 0.2) is 0 Å². The molecule has 0 aliphatic rings. The maximum Gasteiger partial charge on any atom is 0.0655 e. The number of hydrogen-bond donors (Lipinski definition) is 1. The van der Waals surface area contributed by atoms with Gasteiger partial charge in [-0.2, -0.15) is 5.26 Å². The van der Waals surface area contributed by atoms with Gasteiger partial charge in [-0.3, -0.25) is 0 Å². The molecule has 0 fully saturated rings. The Balaban J connectivity index is 3.87. The van der Waals surface area contributed by atoms with Gasteiger partial charge in [-0.25, -0.2) is 0 Å². The number of rotatable bonds is 4. The number of nitrogens with two attached hydrogens (primary N) is 1. The van der Waals surface area contributed by atoms with E-state index in [-0.39, 0.29) is 12.0 Å². The highest BCUT2D eigenvalue weighted by molar-refractivity contribution is 4.85. The lowest BCUT2D eigenvalue weighted by atomic mass is 9.87. The maximum atomic E-state index is 8.66. The van der Waals surface area contributed by atoms with Gasteiger partial charge in [0.2, 0.25) is 0 Å². The van der Waals surface area contributed by atoms with Crippen molar-refractivity contribution in [2.45, 2.75) is 39.7 Å². The first-order valence-electron chi connectivity index (χ1n) is 4.27. The minimum absolute atomic E-state index is 0.144. The van der Waals surface area contributed by atoms with E-state index in [2.05, 4.69) is 13.0 Å². The SMILES string of the molecule is CCC(CC(C)N)C(C)C#N. The molecule has 0 aromatic heterocycles. The van der Waals surface area contributed by atoms with Gasteiger partial charge < -0.3 is 5.73 Å². The van der Waals surface area contributed by atoms with Crippen LogP contribution in [0.3, 0.4) is 0 Å². The lowest BCUT2D eigenvalue weighted by Crippen LogP contribution is -2.22. The van der Waals surface area contributed by atoms with Crippen molar-refractivity contribution in [3.63, 3.8) is 0 Å². The summed E-state index contributed by atoms with van der Waals surface area (Å²) in [5.41, 5.74) is 5.65. The van der Waals surface area contributed by atoms with E-state index in [9.17, 15) is 0 Å². The van der Waals surface area contributed by atoms with Crippen molar-refractivity contribution < 1.29 is 0 Å². The molecule has 64 valence electrons. The molecule has 0 heterocycles. The molecule has 2 nitrogen and oxygen atoms in total. The highest BCUT2D eigenvalue weighted by atomic mass is 14.6. The molecule has 0 saturated carbocycles. The fourth-order valence-electron chi connectivity index (χ4n) is 1.31. The van der Waals surface area contributed by atoms with Crippen molar-refractivity contribution in [1.29, 1.82) is 5.26 Å². The molecule has 3 unspecified atom stereocenters. The Labute approximate surface area is 69.4 Å². The van der Waals surface area contributed by atoms with Crippen molar-refractivity contribution in [3.05, 3.63) is 0 Å². The van der Waals surface area contributed by atoms with Crippen LogP contribution in [0.25, 0.3) is 0 Å². The molecule has 0 aromatic carbocycles. The largest absolute Gasteiger partial charge is 0.328 e. The quantitative estimate of drug-likeness (QED) is 0.672. The van der Waals surface area contributed by atoms with Crippen LogP contribution in [0.5, 0.6) is 0 Å². The van der Waals surface area contributed by atoms with Gasteiger partial charge in [0.25, 0.3) is 0 Å². The van der Waals surface area contributed by atoms with Crippen LogP contribution in [0.4, 0.5) is 0 Å². The van der Waals surface area contributed by atoms with Gasteiger partial charge in [-0.15, -0.1) is 0 Å². The Morgan fingerprint density at radius 2 is 2.00 bits per heavy atom. The first kappa shape index (κ1) is 10.4. The van der Waals surface area contributed by atoms with Crippen LogP contribution >= 0.6 is 0 Å². The van der Waals surface area contributed by atoms with Crippen molar-refractivity contribution in [2.24, 2.45) is 17.6 Å². The second-order valence-electron chi connectivity index (χ2n) is 3.30. The van der Waals surface area contributed by atoms with Gasteiger partial charge in [0.1, 0.15) is 0 Å². The minimum atomic E-state index is 0.144. The summed E-state index contributed by atoms with van der Waals surface area (Å²) < 4.78 is 0. The number of nitrogens with zero attached hydrogens (tertiary/aromatic N) is 1. The Morgan fingerprint density at radius 3 is 2.27 bits per heavy atom. The molecule has 0 spiro atoms. The van der Waals surface area contributed by atoms with Gasteiger partial charge >= 0.3 is 0 Å². The van der Waals surface area contributed by atoms with Crippen LogP contribution in [0, 0.1) is 23.2 Å².